The Hall–Kier alpha value is -8.15. The number of para-hydroxylation sites is 1. The number of ether oxygens (including phenoxy) is 1. The predicted octanol–water partition coefficient (Wildman–Crippen LogP) is 20.3. The highest BCUT2D eigenvalue weighted by Crippen LogP contribution is 2.52. The van der Waals surface area contributed by atoms with Crippen LogP contribution in [0, 0.1) is 0 Å². The van der Waals surface area contributed by atoms with Crippen LogP contribution in [0.2, 0.25) is 0 Å². The molecule has 0 amide bonds. The summed E-state index contributed by atoms with van der Waals surface area (Å²) >= 11 is 0. The largest absolute Gasteiger partial charge is 0.457 e. The summed E-state index contributed by atoms with van der Waals surface area (Å²) in [7, 11) is 0. The number of anilines is 2. The van der Waals surface area contributed by atoms with E-state index in [1.807, 2.05) is 6.20 Å². The maximum atomic E-state index is 7.50. The predicted molar refractivity (Wildman–Crippen MR) is 347 cm³/mol. The molecule has 0 saturated carbocycles. The van der Waals surface area contributed by atoms with Gasteiger partial charge in [-0.1, -0.05) is 249 Å². The van der Waals surface area contributed by atoms with Crippen molar-refractivity contribution >= 4 is 33.2 Å². The molecule has 0 N–H and O–H groups in total. The van der Waals surface area contributed by atoms with Gasteiger partial charge in [0.2, 0.25) is 0 Å². The standard InChI is InChI=1S/C77H82N4O/c1-72(2,3)58-44-59(73(4,5)6)46-61(45-58)80-51-79(70(76(12,13)55-34-24-18-25-35-55)71(80)77(14,15)56-36-26-19-27-37-56)60-42-53(52-30-20-16-21-31-52)43-62(48-60)82-63-49-65(74(7,8)9)69-64-38-28-29-39-66(64)81(67(69)50-63)68-47-57(40-41-78-68)75(10,11)54-32-22-17-23-33-54/h16-50H,51H2,1-15H3. The van der Waals surface area contributed by atoms with Crippen LogP contribution in [-0.4, -0.2) is 16.2 Å². The van der Waals surface area contributed by atoms with Crippen LogP contribution in [0.5, 0.6) is 11.5 Å². The minimum Gasteiger partial charge on any atom is -0.457 e. The topological polar surface area (TPSA) is 33.5 Å². The fourth-order valence-corrected chi connectivity index (χ4v) is 12.5. The summed E-state index contributed by atoms with van der Waals surface area (Å²) < 4.78 is 9.85. The second kappa shape index (κ2) is 20.7. The molecule has 1 aliphatic rings. The number of pyridine rings is 1. The van der Waals surface area contributed by atoms with E-state index in [0.29, 0.717) is 6.67 Å². The zero-order valence-electron chi connectivity index (χ0n) is 51.1. The maximum absolute atomic E-state index is 7.50. The minimum atomic E-state index is -0.475. The van der Waals surface area contributed by atoms with Crippen LogP contribution in [0.4, 0.5) is 11.4 Å². The third-order valence-corrected chi connectivity index (χ3v) is 17.5. The summed E-state index contributed by atoms with van der Waals surface area (Å²) in [5, 5.41) is 2.39. The van der Waals surface area contributed by atoms with Gasteiger partial charge in [0.05, 0.1) is 29.1 Å². The molecule has 0 spiro atoms. The molecule has 0 saturated heterocycles. The molecule has 8 aromatic carbocycles. The van der Waals surface area contributed by atoms with Gasteiger partial charge < -0.3 is 14.5 Å². The van der Waals surface area contributed by atoms with Crippen LogP contribution in [0.15, 0.2) is 224 Å². The first kappa shape index (κ1) is 55.7. The number of allylic oxidation sites excluding steroid dienone is 2. The van der Waals surface area contributed by atoms with Crippen LogP contribution >= 0.6 is 0 Å². The first-order chi connectivity index (χ1) is 38.8. The smallest absolute Gasteiger partial charge is 0.137 e. The Morgan fingerprint density at radius 3 is 1.37 bits per heavy atom. The highest BCUT2D eigenvalue weighted by molar-refractivity contribution is 6.11. The monoisotopic (exact) mass is 1080 g/mol. The van der Waals surface area contributed by atoms with E-state index >= 15 is 0 Å². The highest BCUT2D eigenvalue weighted by Gasteiger charge is 2.47. The van der Waals surface area contributed by atoms with Gasteiger partial charge in [-0.15, -0.1) is 0 Å². The Kier molecular flexibility index (Phi) is 14.1. The quantitative estimate of drug-likeness (QED) is 0.122. The van der Waals surface area contributed by atoms with Gasteiger partial charge in [-0.25, -0.2) is 4.98 Å². The summed E-state index contributed by atoms with van der Waals surface area (Å²) in [6, 6.07) is 75.7. The third-order valence-electron chi connectivity index (χ3n) is 17.5. The first-order valence-corrected chi connectivity index (χ1v) is 29.4. The van der Waals surface area contributed by atoms with Gasteiger partial charge in [0.25, 0.3) is 0 Å². The molecule has 2 aromatic heterocycles. The molecule has 0 atom stereocenters. The number of hydrogen-bond donors (Lipinski definition) is 0. The summed E-state index contributed by atoms with van der Waals surface area (Å²) in [5.74, 6) is 2.39. The average molecular weight is 1080 g/mol. The Morgan fingerprint density at radius 1 is 0.366 bits per heavy atom. The SMILES string of the molecule is CC(C)(C)c1cc(N2CN(c3cc(Oc4cc(C(C)(C)C)c5c6ccccc6n(-c6cc(C(C)(C)c7ccccc7)ccn6)c5c4)cc(-c4ccccc4)c3)C(C(C)(C)c3ccccc3)=C2C(C)(C)c2ccccc2)cc(C(C)(C)C)c1. The van der Waals surface area contributed by atoms with Gasteiger partial charge in [-0.3, -0.25) is 4.57 Å². The lowest BCUT2D eigenvalue weighted by molar-refractivity contribution is 0.480. The van der Waals surface area contributed by atoms with Crippen molar-refractivity contribution < 1.29 is 4.74 Å². The van der Waals surface area contributed by atoms with Crippen LogP contribution < -0.4 is 14.5 Å². The van der Waals surface area contributed by atoms with Gasteiger partial charge in [-0.05, 0) is 115 Å². The minimum absolute atomic E-state index is 0.0826. The van der Waals surface area contributed by atoms with Crippen LogP contribution in [0.1, 0.15) is 143 Å². The van der Waals surface area contributed by atoms with Crippen LogP contribution in [0.3, 0.4) is 0 Å². The number of aromatic nitrogens is 2. The molecule has 1 aliphatic heterocycles. The fourth-order valence-electron chi connectivity index (χ4n) is 12.5. The number of benzene rings is 8. The fraction of sp³-hybridized carbons (Fsp3) is 0.286. The molecule has 3 heterocycles. The number of nitrogens with zero attached hydrogens (tertiary/aromatic N) is 4. The normalized spacial score (nSPS) is 13.9. The van der Waals surface area contributed by atoms with E-state index in [1.165, 1.54) is 66.8 Å². The highest BCUT2D eigenvalue weighted by atomic mass is 16.5. The summed E-state index contributed by atoms with van der Waals surface area (Å²) in [6.45, 7) is 35.8. The van der Waals surface area contributed by atoms with Gasteiger partial charge in [0.1, 0.15) is 17.3 Å². The molecular weight excluding hydrogens is 997 g/mol. The molecule has 0 fully saturated rings. The summed E-state index contributed by atoms with van der Waals surface area (Å²) in [5.41, 5.74) is 16.3. The lowest BCUT2D eigenvalue weighted by Gasteiger charge is -2.38. The van der Waals surface area contributed by atoms with Crippen molar-refractivity contribution in [1.29, 1.82) is 0 Å². The molecule has 5 heteroatoms. The lowest BCUT2D eigenvalue weighted by Crippen LogP contribution is -2.35. The Balaban J connectivity index is 1.15. The number of hydrogen-bond acceptors (Lipinski definition) is 4. The molecule has 416 valence electrons. The third kappa shape index (κ3) is 10.3. The Morgan fingerprint density at radius 2 is 0.841 bits per heavy atom. The molecule has 0 aliphatic carbocycles. The van der Waals surface area contributed by atoms with Crippen molar-refractivity contribution in [2.24, 2.45) is 0 Å². The van der Waals surface area contributed by atoms with Crippen molar-refractivity contribution in [3.05, 3.63) is 263 Å². The van der Waals surface area contributed by atoms with E-state index in [1.54, 1.807) is 0 Å². The number of rotatable bonds is 12. The second-order valence-electron chi connectivity index (χ2n) is 27.5. The second-order valence-corrected chi connectivity index (χ2v) is 27.5. The lowest BCUT2D eigenvalue weighted by atomic mass is 9.73. The molecule has 0 unspecified atom stereocenters. The van der Waals surface area contributed by atoms with E-state index in [4.69, 9.17) is 9.72 Å². The van der Waals surface area contributed by atoms with E-state index in [-0.39, 0.29) is 21.7 Å². The Bertz CT molecular complexity index is 3960. The van der Waals surface area contributed by atoms with E-state index in [2.05, 4.69) is 324 Å². The van der Waals surface area contributed by atoms with Crippen molar-refractivity contribution in [3.8, 4) is 28.4 Å². The molecule has 0 radical (unpaired) electrons. The van der Waals surface area contributed by atoms with Crippen molar-refractivity contribution in [3.63, 3.8) is 0 Å². The van der Waals surface area contributed by atoms with Crippen molar-refractivity contribution in [1.82, 2.24) is 9.55 Å². The maximum Gasteiger partial charge on any atom is 0.137 e. The summed E-state index contributed by atoms with van der Waals surface area (Å²) in [6.07, 6.45) is 1.97. The van der Waals surface area contributed by atoms with Crippen LogP contribution in [-0.2, 0) is 32.5 Å². The molecular formula is C77H82N4O. The number of fused-ring (bicyclic) bond motifs is 3. The Labute approximate surface area is 489 Å². The van der Waals surface area contributed by atoms with Crippen LogP contribution in [0.25, 0.3) is 38.8 Å². The van der Waals surface area contributed by atoms with Crippen molar-refractivity contribution in [2.75, 3.05) is 16.5 Å². The zero-order chi connectivity index (χ0) is 58.1. The van der Waals surface area contributed by atoms with E-state index in [9.17, 15) is 0 Å². The molecule has 0 bridgehead atoms. The average Bonchev–Trinajstić information content (AvgIpc) is 1.99. The zero-order valence-corrected chi connectivity index (χ0v) is 51.1. The van der Waals surface area contributed by atoms with Gasteiger partial charge in [-0.2, -0.15) is 0 Å². The van der Waals surface area contributed by atoms with Gasteiger partial charge >= 0.3 is 0 Å². The molecule has 10 aromatic rings. The molecule has 5 nitrogen and oxygen atoms in total. The summed E-state index contributed by atoms with van der Waals surface area (Å²) in [4.78, 5) is 10.4. The van der Waals surface area contributed by atoms with Crippen molar-refractivity contribution in [2.45, 2.75) is 136 Å². The first-order valence-electron chi connectivity index (χ1n) is 29.4. The van der Waals surface area contributed by atoms with E-state index in [0.717, 1.165) is 45.2 Å². The van der Waals surface area contributed by atoms with E-state index < -0.39 is 10.8 Å². The van der Waals surface area contributed by atoms with Gasteiger partial charge in [0, 0.05) is 56.7 Å². The van der Waals surface area contributed by atoms with Gasteiger partial charge in [0.15, 0.2) is 0 Å². The molecule has 82 heavy (non-hydrogen) atoms. The molecule has 11 rings (SSSR count).